The number of aliphatic hydroxyl groups is 1. The van der Waals surface area contributed by atoms with Crippen molar-refractivity contribution >= 4 is 29.0 Å². The van der Waals surface area contributed by atoms with Crippen LogP contribution in [0.25, 0.3) is 0 Å². The van der Waals surface area contributed by atoms with Crippen LogP contribution >= 0.6 is 0 Å². The van der Waals surface area contributed by atoms with Gasteiger partial charge >= 0.3 is 6.18 Å². The number of likely N-dealkylation sites (N-methyl/N-ethyl adjacent to an activating group) is 1. The second kappa shape index (κ2) is 11.5. The summed E-state index contributed by atoms with van der Waals surface area (Å²) in [7, 11) is 2.88. The summed E-state index contributed by atoms with van der Waals surface area (Å²) in [5.41, 5.74) is 0.00431. The van der Waals surface area contributed by atoms with E-state index in [1.165, 1.54) is 19.0 Å². The molecule has 1 aromatic rings. The van der Waals surface area contributed by atoms with E-state index in [4.69, 9.17) is 5.73 Å². The van der Waals surface area contributed by atoms with Crippen molar-refractivity contribution in [3.8, 4) is 5.75 Å². The Morgan fingerprint density at radius 2 is 1.72 bits per heavy atom. The molecule has 0 radical (unpaired) electrons. The van der Waals surface area contributed by atoms with Crippen LogP contribution in [0.2, 0.25) is 0 Å². The SMILES string of the molecule is CN(C)[C@@H]1C(=O)C(C(N)=O)C(=O)[C@@]2(O)C(=O)C3C(=O)c4c(O)cc(CN(CCC(C)(C)C)CC5CC5)c(C(F)(F)F)c4C[C@H]3C[C@@H]12. The number of halogens is 3. The number of fused-ring (bicyclic) bond motifs is 3. The van der Waals surface area contributed by atoms with Crippen molar-refractivity contribution in [3.05, 3.63) is 28.3 Å². The van der Waals surface area contributed by atoms with Crippen LogP contribution in [0.15, 0.2) is 6.07 Å². The summed E-state index contributed by atoms with van der Waals surface area (Å²) in [6.45, 7) is 7.17. The van der Waals surface area contributed by atoms with Gasteiger partial charge in [-0.15, -0.1) is 0 Å². The number of aromatic hydroxyl groups is 1. The number of Topliss-reactive ketones (excluding diaryl/α,β-unsaturated/α-hetero) is 4. The molecule has 6 atom stereocenters. The van der Waals surface area contributed by atoms with Crippen LogP contribution in [0, 0.1) is 35.0 Å². The highest BCUT2D eigenvalue weighted by Crippen LogP contribution is 2.53. The number of hydrogen-bond acceptors (Lipinski definition) is 9. The van der Waals surface area contributed by atoms with Crippen LogP contribution in [0.3, 0.4) is 0 Å². The molecule has 1 amide bonds. The number of nitrogens with two attached hydrogens (primary N) is 1. The van der Waals surface area contributed by atoms with Gasteiger partial charge in [-0.3, -0.25) is 33.8 Å². The molecule has 10 nitrogen and oxygen atoms in total. The molecule has 3 fully saturated rings. The third-order valence-electron chi connectivity index (χ3n) is 10.2. The molecule has 0 spiro atoms. The van der Waals surface area contributed by atoms with Crippen LogP contribution in [-0.2, 0) is 38.3 Å². The van der Waals surface area contributed by atoms with Crippen LogP contribution in [0.4, 0.5) is 13.2 Å². The fraction of sp³-hybridized carbons (Fsp3) is 0.667. The molecular formula is C33H42F3N3O7. The van der Waals surface area contributed by atoms with E-state index in [0.717, 1.165) is 25.3 Å². The number of alkyl halides is 3. The van der Waals surface area contributed by atoms with E-state index in [2.05, 4.69) is 0 Å². The first kappa shape index (κ1) is 34.2. The molecule has 46 heavy (non-hydrogen) atoms. The number of carbonyl (C=O) groups is 5. The average Bonchev–Trinajstić information content (AvgIpc) is 3.71. The van der Waals surface area contributed by atoms with E-state index >= 15 is 0 Å². The second-order valence-corrected chi connectivity index (χ2v) is 15.1. The van der Waals surface area contributed by atoms with Crippen molar-refractivity contribution in [1.29, 1.82) is 0 Å². The van der Waals surface area contributed by atoms with E-state index in [-0.39, 0.29) is 23.9 Å². The smallest absolute Gasteiger partial charge is 0.417 e. The Morgan fingerprint density at radius 1 is 1.09 bits per heavy atom. The first-order chi connectivity index (χ1) is 21.2. The van der Waals surface area contributed by atoms with Crippen LogP contribution in [0.5, 0.6) is 5.75 Å². The fourth-order valence-corrected chi connectivity index (χ4v) is 7.86. The Morgan fingerprint density at radius 3 is 2.24 bits per heavy atom. The van der Waals surface area contributed by atoms with Gasteiger partial charge in [-0.1, -0.05) is 20.8 Å². The lowest BCUT2D eigenvalue weighted by atomic mass is 9.52. The summed E-state index contributed by atoms with van der Waals surface area (Å²) in [6, 6.07) is -0.403. The number of hydrogen-bond donors (Lipinski definition) is 3. The van der Waals surface area contributed by atoms with Crippen LogP contribution < -0.4 is 5.73 Å². The van der Waals surface area contributed by atoms with Crippen LogP contribution in [0.1, 0.15) is 73.5 Å². The van der Waals surface area contributed by atoms with Gasteiger partial charge in [0, 0.05) is 19.0 Å². The zero-order valence-electron chi connectivity index (χ0n) is 26.7. The number of amides is 1. The van der Waals surface area contributed by atoms with Gasteiger partial charge in [0.1, 0.15) is 5.75 Å². The second-order valence-electron chi connectivity index (χ2n) is 15.1. The largest absolute Gasteiger partial charge is 0.507 e. The van der Waals surface area contributed by atoms with Gasteiger partial charge in [-0.25, -0.2) is 0 Å². The summed E-state index contributed by atoms with van der Waals surface area (Å²) < 4.78 is 44.9. The van der Waals surface area contributed by atoms with E-state index in [1.54, 1.807) is 0 Å². The summed E-state index contributed by atoms with van der Waals surface area (Å²) in [5, 5.41) is 22.8. The van der Waals surface area contributed by atoms with Crippen molar-refractivity contribution in [2.24, 2.45) is 40.7 Å². The molecule has 3 saturated carbocycles. The summed E-state index contributed by atoms with van der Waals surface area (Å²) in [5.74, 6) is -12.9. The number of carbonyl (C=O) groups excluding carboxylic acids is 5. The first-order valence-corrected chi connectivity index (χ1v) is 15.7. The molecule has 4 N–H and O–H groups in total. The molecule has 13 heteroatoms. The number of phenols is 1. The fourth-order valence-electron chi connectivity index (χ4n) is 7.86. The Hall–Kier alpha value is -3.16. The Kier molecular flexibility index (Phi) is 8.56. The van der Waals surface area contributed by atoms with Gasteiger partial charge in [0.15, 0.2) is 34.7 Å². The minimum atomic E-state index is -4.91. The summed E-state index contributed by atoms with van der Waals surface area (Å²) >= 11 is 0. The monoisotopic (exact) mass is 649 g/mol. The Bertz CT molecular complexity index is 1500. The maximum atomic E-state index is 15.0. The molecule has 4 aliphatic rings. The third-order valence-corrected chi connectivity index (χ3v) is 10.2. The first-order valence-electron chi connectivity index (χ1n) is 15.7. The van der Waals surface area contributed by atoms with Gasteiger partial charge < -0.3 is 15.9 Å². The number of ketones is 4. The van der Waals surface area contributed by atoms with Crippen molar-refractivity contribution in [2.45, 2.75) is 77.2 Å². The number of rotatable bonds is 8. The van der Waals surface area contributed by atoms with Gasteiger partial charge in [0.2, 0.25) is 5.91 Å². The predicted molar refractivity (Wildman–Crippen MR) is 158 cm³/mol. The molecule has 0 aliphatic heterocycles. The standard InChI is InChI=1S/C33H42F3N3O7/c1-31(2,3)8-9-39(13-15-6-7-15)14-17-12-20(40)22-18(24(17)33(34,35)36)10-16-11-19-25(38(4)5)27(42)23(30(37)45)29(44)32(19,46)28(43)21(16)26(22)41/h12,15-16,19,21,23,25,40,46H,6-11,13-14H2,1-5H3,(H2,37,45)/t16-,19-,21?,23?,25-,32-/m0/s1. The molecule has 5 rings (SSSR count). The minimum absolute atomic E-state index is 0.0622. The quantitative estimate of drug-likeness (QED) is 0.360. The molecule has 0 aromatic heterocycles. The van der Waals surface area contributed by atoms with E-state index in [9.17, 15) is 47.4 Å². The van der Waals surface area contributed by atoms with Gasteiger partial charge in [0.25, 0.3) is 0 Å². The van der Waals surface area contributed by atoms with Crippen molar-refractivity contribution in [2.75, 3.05) is 27.2 Å². The van der Waals surface area contributed by atoms with Crippen molar-refractivity contribution in [1.82, 2.24) is 9.80 Å². The molecule has 0 bridgehead atoms. The lowest BCUT2D eigenvalue weighted by Crippen LogP contribution is -2.74. The molecule has 252 valence electrons. The number of primary amides is 1. The molecule has 0 heterocycles. The minimum Gasteiger partial charge on any atom is -0.507 e. The molecule has 1 aromatic carbocycles. The number of phenolic OH excluding ortho intramolecular Hbond substituents is 1. The van der Waals surface area contributed by atoms with Gasteiger partial charge in [0.05, 0.1) is 23.1 Å². The molecule has 2 unspecified atom stereocenters. The van der Waals surface area contributed by atoms with Gasteiger partial charge in [-0.05, 0) is 87.2 Å². The highest BCUT2D eigenvalue weighted by molar-refractivity contribution is 6.32. The summed E-state index contributed by atoms with van der Waals surface area (Å²) in [4.78, 5) is 70.0. The third kappa shape index (κ3) is 5.79. The Labute approximate surface area is 265 Å². The Balaban J connectivity index is 1.60. The average molecular weight is 650 g/mol. The van der Waals surface area contributed by atoms with Crippen LogP contribution in [-0.4, -0.2) is 87.9 Å². The van der Waals surface area contributed by atoms with E-state index in [1.807, 2.05) is 25.7 Å². The zero-order chi connectivity index (χ0) is 34.3. The predicted octanol–water partition coefficient (Wildman–Crippen LogP) is 2.53. The summed E-state index contributed by atoms with van der Waals surface area (Å²) in [6.07, 6.45) is -2.98. The lowest BCUT2D eigenvalue weighted by molar-refractivity contribution is -0.181. The lowest BCUT2D eigenvalue weighted by Gasteiger charge is -2.52. The van der Waals surface area contributed by atoms with E-state index < -0.39 is 99.4 Å². The maximum Gasteiger partial charge on any atom is 0.417 e. The van der Waals surface area contributed by atoms with Gasteiger partial charge in [-0.2, -0.15) is 13.2 Å². The highest BCUT2D eigenvalue weighted by atomic mass is 19.4. The van der Waals surface area contributed by atoms with Crippen molar-refractivity contribution in [3.63, 3.8) is 0 Å². The number of benzene rings is 1. The normalized spacial score (nSPS) is 30.0. The zero-order valence-corrected chi connectivity index (χ0v) is 26.7. The molecule has 4 aliphatic carbocycles. The maximum absolute atomic E-state index is 15.0. The van der Waals surface area contributed by atoms with Crippen molar-refractivity contribution < 1.29 is 47.4 Å². The molecule has 0 saturated heterocycles. The molecular weight excluding hydrogens is 607 g/mol. The number of nitrogens with zero attached hydrogens (tertiary/aromatic N) is 2. The highest BCUT2D eigenvalue weighted by Gasteiger charge is 2.69. The van der Waals surface area contributed by atoms with E-state index in [0.29, 0.717) is 19.0 Å². The topological polar surface area (TPSA) is 158 Å².